The summed E-state index contributed by atoms with van der Waals surface area (Å²) in [7, 11) is 0. The van der Waals surface area contributed by atoms with Gasteiger partial charge in [0.1, 0.15) is 11.8 Å². The summed E-state index contributed by atoms with van der Waals surface area (Å²) in [6.45, 7) is 12.2. The van der Waals surface area contributed by atoms with E-state index in [9.17, 15) is 14.4 Å². The Morgan fingerprint density at radius 1 is 0.868 bits per heavy atom. The van der Waals surface area contributed by atoms with Crippen LogP contribution in [0.15, 0.2) is 73.1 Å². The molecular weight excluding hydrogens is 703 g/mol. The van der Waals surface area contributed by atoms with E-state index in [0.717, 1.165) is 71.8 Å². The van der Waals surface area contributed by atoms with E-state index in [-0.39, 0.29) is 23.1 Å². The van der Waals surface area contributed by atoms with Gasteiger partial charge in [-0.05, 0) is 66.3 Å². The number of rotatable bonds is 14. The number of ether oxygens (including phenoxy) is 1. The topological polar surface area (TPSA) is 128 Å². The highest BCUT2D eigenvalue weighted by molar-refractivity contribution is 7.79. The van der Waals surface area contributed by atoms with Crippen LogP contribution in [-0.4, -0.2) is 64.6 Å². The summed E-state index contributed by atoms with van der Waals surface area (Å²) in [4.78, 5) is 48.9. The van der Waals surface area contributed by atoms with E-state index in [1.165, 1.54) is 43.9 Å². The summed E-state index contributed by atoms with van der Waals surface area (Å²) >= 11 is 5.02. The molecule has 1 aliphatic heterocycles. The molecule has 9 nitrogen and oxygen atoms in total. The quantitative estimate of drug-likeness (QED) is 0.0874. The van der Waals surface area contributed by atoms with Crippen LogP contribution < -0.4 is 15.8 Å². The third-order valence-electron chi connectivity index (χ3n) is 8.60. The standard InChI is InChI=1S/C39H48N4O3S.C2H5NO.CH4S/c1-5-6-7-8-11-24-46-32-18-16-29(17-19-32)31-26-40-36(41-27-31)30-14-12-28(13-15-30)25-33(38(45)43-22-9-10-23-43)42-37(44)34-20-21-35(47-34)39(2,3)4;1-2(3)4;1-2/h12-21,26-27,33H,5-11,22-25H2,1-4H3,(H,42,44);1H3,(H2,3,4);2H,1H3. The van der Waals surface area contributed by atoms with Gasteiger partial charge in [-0.2, -0.15) is 12.6 Å². The van der Waals surface area contributed by atoms with Crippen LogP contribution in [0.2, 0.25) is 0 Å². The molecule has 1 unspecified atom stereocenters. The van der Waals surface area contributed by atoms with Gasteiger partial charge in [0.25, 0.3) is 5.91 Å². The third kappa shape index (κ3) is 14.3. The maximum Gasteiger partial charge on any atom is 0.262 e. The Bertz CT molecular complexity index is 1690. The van der Waals surface area contributed by atoms with Crippen LogP contribution in [0.3, 0.4) is 0 Å². The van der Waals surface area contributed by atoms with Gasteiger partial charge in [0.15, 0.2) is 5.82 Å². The predicted octanol–water partition coefficient (Wildman–Crippen LogP) is 8.52. The molecule has 0 bridgehead atoms. The summed E-state index contributed by atoms with van der Waals surface area (Å²) in [6.07, 6.45) is 13.9. The van der Waals surface area contributed by atoms with E-state index in [2.05, 4.69) is 61.3 Å². The second-order valence-corrected chi connectivity index (χ2v) is 15.2. The molecule has 0 saturated carbocycles. The Hall–Kier alpha value is -4.22. The van der Waals surface area contributed by atoms with Gasteiger partial charge in [-0.15, -0.1) is 11.3 Å². The second-order valence-electron chi connectivity index (χ2n) is 14.1. The molecule has 1 fully saturated rings. The number of hydrogen-bond donors (Lipinski definition) is 3. The first kappa shape index (κ1) is 43.2. The van der Waals surface area contributed by atoms with Crippen LogP contribution in [0, 0.1) is 0 Å². The molecule has 3 amide bonds. The van der Waals surface area contributed by atoms with Crippen molar-refractivity contribution in [1.29, 1.82) is 0 Å². The first-order valence-electron chi connectivity index (χ1n) is 18.5. The van der Waals surface area contributed by atoms with Gasteiger partial charge in [0.2, 0.25) is 11.8 Å². The fourth-order valence-electron chi connectivity index (χ4n) is 5.74. The molecule has 0 spiro atoms. The van der Waals surface area contributed by atoms with Crippen LogP contribution in [-0.2, 0) is 21.4 Å². The van der Waals surface area contributed by atoms with Crippen molar-refractivity contribution in [2.24, 2.45) is 5.73 Å². The van der Waals surface area contributed by atoms with Gasteiger partial charge in [-0.25, -0.2) is 9.97 Å². The zero-order valence-electron chi connectivity index (χ0n) is 32.2. The molecule has 11 heteroatoms. The zero-order chi connectivity index (χ0) is 38.8. The van der Waals surface area contributed by atoms with Crippen molar-refractivity contribution in [1.82, 2.24) is 20.2 Å². The van der Waals surface area contributed by atoms with Crippen LogP contribution in [0.4, 0.5) is 0 Å². The normalized spacial score (nSPS) is 12.8. The Kier molecular flexibility index (Phi) is 18.0. The number of aromatic nitrogens is 2. The van der Waals surface area contributed by atoms with E-state index in [1.54, 1.807) is 6.26 Å². The summed E-state index contributed by atoms with van der Waals surface area (Å²) in [5, 5.41) is 3.06. The number of benzene rings is 2. The minimum absolute atomic E-state index is 0.0200. The number of nitrogens with zero attached hydrogens (tertiary/aromatic N) is 3. The lowest BCUT2D eigenvalue weighted by Crippen LogP contribution is -2.48. The molecule has 1 atom stereocenters. The van der Waals surface area contributed by atoms with Gasteiger partial charge in [-0.3, -0.25) is 14.4 Å². The molecule has 3 N–H and O–H groups in total. The maximum atomic E-state index is 13.5. The Morgan fingerprint density at radius 2 is 1.45 bits per heavy atom. The lowest BCUT2D eigenvalue weighted by molar-refractivity contribution is -0.132. The number of primary amides is 1. The average Bonchev–Trinajstić information content (AvgIpc) is 3.88. The minimum atomic E-state index is -0.634. The number of hydrogen-bond acceptors (Lipinski definition) is 8. The molecule has 1 saturated heterocycles. The van der Waals surface area contributed by atoms with Gasteiger partial charge >= 0.3 is 0 Å². The van der Waals surface area contributed by atoms with Crippen molar-refractivity contribution in [2.75, 3.05) is 26.0 Å². The summed E-state index contributed by atoms with van der Waals surface area (Å²) in [5.41, 5.74) is 8.27. The van der Waals surface area contributed by atoms with E-state index in [4.69, 9.17) is 4.74 Å². The number of amides is 3. The van der Waals surface area contributed by atoms with Crippen molar-refractivity contribution in [3.05, 3.63) is 88.4 Å². The van der Waals surface area contributed by atoms with Crippen molar-refractivity contribution in [3.8, 4) is 28.3 Å². The molecule has 1 aliphatic rings. The third-order valence-corrected chi connectivity index (χ3v) is 10.1. The van der Waals surface area contributed by atoms with Crippen LogP contribution in [0.25, 0.3) is 22.5 Å². The van der Waals surface area contributed by atoms with Crippen LogP contribution >= 0.6 is 24.0 Å². The van der Waals surface area contributed by atoms with Crippen molar-refractivity contribution in [3.63, 3.8) is 0 Å². The Labute approximate surface area is 325 Å². The molecule has 0 aliphatic carbocycles. The minimum Gasteiger partial charge on any atom is -0.494 e. The number of carbonyl (C=O) groups is 3. The summed E-state index contributed by atoms with van der Waals surface area (Å²) in [5.74, 6) is 0.960. The maximum absolute atomic E-state index is 13.5. The molecule has 2 aromatic heterocycles. The van der Waals surface area contributed by atoms with Gasteiger partial charge < -0.3 is 20.7 Å². The van der Waals surface area contributed by atoms with Gasteiger partial charge in [0, 0.05) is 54.8 Å². The zero-order valence-corrected chi connectivity index (χ0v) is 33.9. The highest BCUT2D eigenvalue weighted by atomic mass is 32.1. The van der Waals surface area contributed by atoms with Crippen molar-refractivity contribution in [2.45, 2.75) is 97.4 Å². The highest BCUT2D eigenvalue weighted by Gasteiger charge is 2.29. The van der Waals surface area contributed by atoms with E-state index in [0.29, 0.717) is 17.1 Å². The molecule has 0 radical (unpaired) electrons. The number of likely N-dealkylation sites (tertiary alicyclic amines) is 1. The average molecular weight is 760 g/mol. The number of carbonyl (C=O) groups excluding carboxylic acids is 3. The monoisotopic (exact) mass is 759 g/mol. The van der Waals surface area contributed by atoms with Gasteiger partial charge in [0.05, 0.1) is 11.5 Å². The molecular formula is C42H57N5O4S2. The first-order valence-corrected chi connectivity index (χ1v) is 20.2. The lowest BCUT2D eigenvalue weighted by Gasteiger charge is -2.24. The molecule has 2 aromatic carbocycles. The van der Waals surface area contributed by atoms with Gasteiger partial charge in [-0.1, -0.05) is 89.8 Å². The Morgan fingerprint density at radius 3 is 2.02 bits per heavy atom. The van der Waals surface area contributed by atoms with Crippen LogP contribution in [0.1, 0.15) is 99.7 Å². The number of thiophene rings is 1. The van der Waals surface area contributed by atoms with E-state index in [1.807, 2.05) is 78.0 Å². The lowest BCUT2D eigenvalue weighted by atomic mass is 9.95. The van der Waals surface area contributed by atoms with Crippen molar-refractivity contribution >= 4 is 41.7 Å². The number of nitrogens with one attached hydrogen (secondary N) is 1. The van der Waals surface area contributed by atoms with Crippen LogP contribution in [0.5, 0.6) is 5.75 Å². The largest absolute Gasteiger partial charge is 0.494 e. The molecule has 3 heterocycles. The van der Waals surface area contributed by atoms with E-state index < -0.39 is 6.04 Å². The molecule has 53 heavy (non-hydrogen) atoms. The molecule has 5 rings (SSSR count). The molecule has 286 valence electrons. The SMILES string of the molecule is CC(N)=O.CCCCCCCOc1ccc(-c2cnc(-c3ccc(CC(NC(=O)c4ccc(C(C)(C)C)s4)C(=O)N4CCCC4)cc3)nc2)cc1.CS. The second kappa shape index (κ2) is 22.1. The number of thiol groups is 1. The number of nitrogens with two attached hydrogens (primary N) is 1. The highest BCUT2D eigenvalue weighted by Crippen LogP contribution is 2.30. The smallest absolute Gasteiger partial charge is 0.262 e. The number of unbranched alkanes of at least 4 members (excludes halogenated alkanes) is 4. The first-order chi connectivity index (χ1) is 25.4. The van der Waals surface area contributed by atoms with Crippen molar-refractivity contribution < 1.29 is 19.1 Å². The molecule has 4 aromatic rings. The fraction of sp³-hybridized carbons (Fsp3) is 0.452. The predicted molar refractivity (Wildman–Crippen MR) is 221 cm³/mol. The summed E-state index contributed by atoms with van der Waals surface area (Å²) in [6, 6.07) is 19.3. The Balaban J connectivity index is 0.00000118. The summed E-state index contributed by atoms with van der Waals surface area (Å²) < 4.78 is 5.90. The fourth-order valence-corrected chi connectivity index (χ4v) is 6.71. The van der Waals surface area contributed by atoms with E-state index >= 15 is 0 Å².